The van der Waals surface area contributed by atoms with Crippen LogP contribution in [0.2, 0.25) is 0 Å². The van der Waals surface area contributed by atoms with E-state index in [0.717, 1.165) is 39.9 Å². The average molecular weight is 384 g/mol. The first-order valence-electron chi connectivity index (χ1n) is 10.3. The van der Waals surface area contributed by atoms with Crippen LogP contribution in [0, 0.1) is 0 Å². The lowest BCUT2D eigenvalue weighted by Crippen LogP contribution is -2.41. The molecule has 0 amide bonds. The van der Waals surface area contributed by atoms with Crippen LogP contribution in [-0.4, -0.2) is 23.1 Å². The molecule has 0 bridgehead atoms. The number of carbonyl (C=O) groups excluding carboxylic acids is 1. The predicted molar refractivity (Wildman–Crippen MR) is 117 cm³/mol. The SMILES string of the molecule is CCCCC1COc2cccc3c2N1C=C/C3=C\C(=O)n1ccc2ccccc21. The van der Waals surface area contributed by atoms with Crippen LogP contribution in [-0.2, 0) is 0 Å². The molecule has 0 radical (unpaired) electrons. The number of fused-ring (bicyclic) bond motifs is 1. The molecule has 0 spiro atoms. The number of rotatable bonds is 4. The van der Waals surface area contributed by atoms with E-state index in [-0.39, 0.29) is 5.91 Å². The van der Waals surface area contributed by atoms with Gasteiger partial charge in [0.1, 0.15) is 12.4 Å². The molecule has 1 atom stereocenters. The molecule has 0 aliphatic carbocycles. The summed E-state index contributed by atoms with van der Waals surface area (Å²) in [6.45, 7) is 2.92. The van der Waals surface area contributed by atoms with E-state index >= 15 is 0 Å². The Morgan fingerprint density at radius 3 is 2.97 bits per heavy atom. The van der Waals surface area contributed by atoms with Crippen LogP contribution < -0.4 is 9.64 Å². The molecule has 0 fully saturated rings. The lowest BCUT2D eigenvalue weighted by molar-refractivity contribution is 0.0974. The summed E-state index contributed by atoms with van der Waals surface area (Å²) in [4.78, 5) is 15.4. The number of allylic oxidation sites excluding steroid dienone is 3. The van der Waals surface area contributed by atoms with Crippen LogP contribution in [0.1, 0.15) is 36.5 Å². The van der Waals surface area contributed by atoms with E-state index in [0.29, 0.717) is 12.6 Å². The Bertz CT molecular complexity index is 1140. The predicted octanol–water partition coefficient (Wildman–Crippen LogP) is 5.65. The molecular formula is C25H24N2O2. The molecule has 0 N–H and O–H groups in total. The van der Waals surface area contributed by atoms with Crippen LogP contribution in [0.15, 0.2) is 73.1 Å². The molecule has 3 heterocycles. The topological polar surface area (TPSA) is 34.5 Å². The summed E-state index contributed by atoms with van der Waals surface area (Å²) in [6.07, 6.45) is 11.2. The highest BCUT2D eigenvalue weighted by molar-refractivity contribution is 6.05. The van der Waals surface area contributed by atoms with Gasteiger partial charge in [-0.3, -0.25) is 9.36 Å². The normalized spacial score (nSPS) is 18.7. The van der Waals surface area contributed by atoms with Gasteiger partial charge in [0.15, 0.2) is 0 Å². The van der Waals surface area contributed by atoms with Gasteiger partial charge in [-0.2, -0.15) is 0 Å². The Morgan fingerprint density at radius 2 is 2.07 bits per heavy atom. The zero-order chi connectivity index (χ0) is 19.8. The van der Waals surface area contributed by atoms with Crippen molar-refractivity contribution in [1.29, 1.82) is 0 Å². The minimum absolute atomic E-state index is 0.0452. The van der Waals surface area contributed by atoms with Gasteiger partial charge in [-0.1, -0.05) is 50.1 Å². The standard InChI is InChI=1S/C25H24N2O2/c1-2-3-8-20-17-29-23-11-6-9-21-19(13-14-26(20)25(21)23)16-24(28)27-15-12-18-7-4-5-10-22(18)27/h4-7,9-16,20H,2-3,8,17H2,1H3/b19-16+. The molecule has 29 heavy (non-hydrogen) atoms. The van der Waals surface area contributed by atoms with Crippen molar-refractivity contribution < 1.29 is 9.53 Å². The molecule has 3 aromatic rings. The molecule has 4 nitrogen and oxygen atoms in total. The van der Waals surface area contributed by atoms with Crippen LogP contribution in [0.25, 0.3) is 16.5 Å². The first kappa shape index (κ1) is 17.8. The van der Waals surface area contributed by atoms with Crippen molar-refractivity contribution in [3.05, 3.63) is 78.6 Å². The second-order valence-corrected chi connectivity index (χ2v) is 7.66. The Hall–Kier alpha value is -3.27. The van der Waals surface area contributed by atoms with Crippen molar-refractivity contribution in [1.82, 2.24) is 4.57 Å². The fourth-order valence-electron chi connectivity index (χ4n) is 4.30. The Kier molecular flexibility index (Phi) is 4.47. The lowest BCUT2D eigenvalue weighted by atomic mass is 9.95. The van der Waals surface area contributed by atoms with E-state index in [9.17, 15) is 4.79 Å². The highest BCUT2D eigenvalue weighted by Gasteiger charge is 2.31. The molecule has 1 aromatic heterocycles. The second-order valence-electron chi connectivity index (χ2n) is 7.66. The molecule has 2 aliphatic rings. The average Bonchev–Trinajstić information content (AvgIpc) is 3.19. The van der Waals surface area contributed by atoms with Gasteiger partial charge in [-0.25, -0.2) is 0 Å². The van der Waals surface area contributed by atoms with Gasteiger partial charge < -0.3 is 9.64 Å². The van der Waals surface area contributed by atoms with E-state index in [2.05, 4.69) is 30.2 Å². The molecule has 2 aliphatic heterocycles. The van der Waals surface area contributed by atoms with Gasteiger partial charge in [0.05, 0.1) is 17.2 Å². The van der Waals surface area contributed by atoms with Crippen LogP contribution >= 0.6 is 0 Å². The van der Waals surface area contributed by atoms with E-state index in [1.54, 1.807) is 10.6 Å². The second kappa shape index (κ2) is 7.28. The summed E-state index contributed by atoms with van der Waals surface area (Å²) >= 11 is 0. The maximum absolute atomic E-state index is 13.1. The van der Waals surface area contributed by atoms with Gasteiger partial charge in [-0.15, -0.1) is 0 Å². The number of para-hydroxylation sites is 2. The van der Waals surface area contributed by atoms with E-state index < -0.39 is 0 Å². The molecule has 5 rings (SSSR count). The number of carbonyl (C=O) groups is 1. The molecular weight excluding hydrogens is 360 g/mol. The monoisotopic (exact) mass is 384 g/mol. The molecule has 0 saturated carbocycles. The number of unbranched alkanes of at least 4 members (excludes halogenated alkanes) is 1. The first-order chi connectivity index (χ1) is 14.3. The third kappa shape index (κ3) is 3.05. The summed E-state index contributed by atoms with van der Waals surface area (Å²) < 4.78 is 7.78. The van der Waals surface area contributed by atoms with Crippen LogP contribution in [0.5, 0.6) is 5.75 Å². The maximum atomic E-state index is 13.1. The summed E-state index contributed by atoms with van der Waals surface area (Å²) in [5.74, 6) is 0.848. The first-order valence-corrected chi connectivity index (χ1v) is 10.3. The Morgan fingerprint density at radius 1 is 1.17 bits per heavy atom. The van der Waals surface area contributed by atoms with Crippen molar-refractivity contribution in [3.8, 4) is 5.75 Å². The van der Waals surface area contributed by atoms with E-state index in [1.165, 1.54) is 12.8 Å². The number of hydrogen-bond acceptors (Lipinski definition) is 3. The zero-order valence-corrected chi connectivity index (χ0v) is 16.5. The minimum Gasteiger partial charge on any atom is -0.489 e. The van der Waals surface area contributed by atoms with Crippen molar-refractivity contribution >= 4 is 28.1 Å². The number of anilines is 1. The van der Waals surface area contributed by atoms with Crippen molar-refractivity contribution in [3.63, 3.8) is 0 Å². The molecule has 4 heteroatoms. The van der Waals surface area contributed by atoms with Crippen molar-refractivity contribution in [2.75, 3.05) is 11.5 Å². The maximum Gasteiger partial charge on any atom is 0.255 e. The number of hydrogen-bond donors (Lipinski definition) is 0. The number of benzene rings is 2. The summed E-state index contributed by atoms with van der Waals surface area (Å²) in [5.41, 5.74) is 3.98. The summed E-state index contributed by atoms with van der Waals surface area (Å²) in [6, 6.07) is 16.3. The zero-order valence-electron chi connectivity index (χ0n) is 16.5. The highest BCUT2D eigenvalue weighted by Crippen LogP contribution is 2.44. The summed E-state index contributed by atoms with van der Waals surface area (Å²) in [5, 5.41) is 1.06. The molecule has 146 valence electrons. The minimum atomic E-state index is -0.0452. The highest BCUT2D eigenvalue weighted by atomic mass is 16.5. The smallest absolute Gasteiger partial charge is 0.255 e. The Balaban J connectivity index is 1.53. The van der Waals surface area contributed by atoms with Crippen molar-refractivity contribution in [2.24, 2.45) is 0 Å². The van der Waals surface area contributed by atoms with Crippen molar-refractivity contribution in [2.45, 2.75) is 32.2 Å². The molecule has 0 saturated heterocycles. The van der Waals surface area contributed by atoms with E-state index in [4.69, 9.17) is 4.74 Å². The molecule has 1 unspecified atom stereocenters. The third-order valence-electron chi connectivity index (χ3n) is 5.81. The number of nitrogens with zero attached hydrogens (tertiary/aromatic N) is 2. The van der Waals surface area contributed by atoms with Gasteiger partial charge in [0.2, 0.25) is 0 Å². The quantitative estimate of drug-likeness (QED) is 0.545. The van der Waals surface area contributed by atoms with E-state index in [1.807, 2.05) is 48.7 Å². The number of aromatic nitrogens is 1. The van der Waals surface area contributed by atoms with Gasteiger partial charge in [0, 0.05) is 29.4 Å². The van der Waals surface area contributed by atoms with Crippen LogP contribution in [0.4, 0.5) is 5.69 Å². The fourth-order valence-corrected chi connectivity index (χ4v) is 4.30. The Labute approximate surface area is 170 Å². The van der Waals surface area contributed by atoms with Gasteiger partial charge in [-0.05, 0) is 36.3 Å². The van der Waals surface area contributed by atoms with Crippen LogP contribution in [0.3, 0.4) is 0 Å². The fraction of sp³-hybridized carbons (Fsp3) is 0.240. The summed E-state index contributed by atoms with van der Waals surface area (Å²) in [7, 11) is 0. The van der Waals surface area contributed by atoms with Gasteiger partial charge >= 0.3 is 0 Å². The third-order valence-corrected chi connectivity index (χ3v) is 5.81. The van der Waals surface area contributed by atoms with Gasteiger partial charge in [0.25, 0.3) is 5.91 Å². The largest absolute Gasteiger partial charge is 0.489 e. The lowest BCUT2D eigenvalue weighted by Gasteiger charge is -2.39. The molecule has 2 aromatic carbocycles. The number of ether oxygens (including phenoxy) is 1.